The lowest BCUT2D eigenvalue weighted by atomic mass is 9.82. The number of carbonyl (C=O) groups excluding carboxylic acids is 1. The Kier molecular flexibility index (Phi) is 3.26. The number of amides is 1. The summed E-state index contributed by atoms with van der Waals surface area (Å²) >= 11 is 0. The third kappa shape index (κ3) is 2.49. The van der Waals surface area contributed by atoms with Gasteiger partial charge >= 0.3 is 0 Å². The zero-order valence-electron chi connectivity index (χ0n) is 11.2. The number of carbonyl (C=O) groups is 1. The molecule has 0 aromatic carbocycles. The smallest absolute Gasteiger partial charge is 0.274 e. The van der Waals surface area contributed by atoms with Crippen LogP contribution in [-0.2, 0) is 4.74 Å². The fourth-order valence-corrected chi connectivity index (χ4v) is 3.23. The third-order valence-electron chi connectivity index (χ3n) is 4.25. The van der Waals surface area contributed by atoms with Crippen molar-refractivity contribution in [2.75, 3.05) is 6.61 Å². The number of hydrogen-bond acceptors (Lipinski definition) is 4. The number of aromatic amines is 1. The Balaban J connectivity index is 1.60. The summed E-state index contributed by atoms with van der Waals surface area (Å²) in [5.41, 5.74) is 1.03. The number of hydrogen-bond donors (Lipinski definition) is 2. The van der Waals surface area contributed by atoms with Crippen LogP contribution < -0.4 is 5.32 Å². The SMILES string of the molecule is Cc1n[nH]nc1C(=O)NC1COC2(CCCCC2)C1. The average Bonchev–Trinajstić information content (AvgIpc) is 2.98. The van der Waals surface area contributed by atoms with Gasteiger partial charge in [0.25, 0.3) is 5.91 Å². The highest BCUT2D eigenvalue weighted by Crippen LogP contribution is 2.39. The summed E-state index contributed by atoms with van der Waals surface area (Å²) in [6.07, 6.45) is 6.97. The first-order chi connectivity index (χ1) is 9.19. The summed E-state index contributed by atoms with van der Waals surface area (Å²) in [6.45, 7) is 2.38. The first kappa shape index (κ1) is 12.6. The van der Waals surface area contributed by atoms with Crippen molar-refractivity contribution in [1.82, 2.24) is 20.7 Å². The standard InChI is InChI=1S/C13H20N4O2/c1-9-11(16-17-15-9)12(18)14-10-7-13(19-8-10)5-3-2-4-6-13/h10H,2-8H2,1H3,(H,14,18)(H,15,16,17). The molecule has 6 heteroatoms. The lowest BCUT2D eigenvalue weighted by Crippen LogP contribution is -2.37. The van der Waals surface area contributed by atoms with Crippen molar-refractivity contribution in [3.05, 3.63) is 11.4 Å². The van der Waals surface area contributed by atoms with Crippen LogP contribution in [0.25, 0.3) is 0 Å². The van der Waals surface area contributed by atoms with Gasteiger partial charge in [0, 0.05) is 0 Å². The van der Waals surface area contributed by atoms with Crippen molar-refractivity contribution in [3.8, 4) is 0 Å². The number of H-pyrrole nitrogens is 1. The van der Waals surface area contributed by atoms with Gasteiger partial charge in [-0.1, -0.05) is 19.3 Å². The molecule has 2 N–H and O–H groups in total. The highest BCUT2D eigenvalue weighted by Gasteiger charge is 2.41. The maximum Gasteiger partial charge on any atom is 0.274 e. The molecule has 1 amide bonds. The molecule has 2 fully saturated rings. The zero-order valence-corrected chi connectivity index (χ0v) is 11.2. The maximum absolute atomic E-state index is 12.1. The maximum atomic E-state index is 12.1. The lowest BCUT2D eigenvalue weighted by Gasteiger charge is -2.32. The monoisotopic (exact) mass is 264 g/mol. The van der Waals surface area contributed by atoms with Crippen LogP contribution in [0.3, 0.4) is 0 Å². The molecule has 6 nitrogen and oxygen atoms in total. The predicted octanol–water partition coefficient (Wildman–Crippen LogP) is 1.33. The fraction of sp³-hybridized carbons (Fsp3) is 0.769. The van der Waals surface area contributed by atoms with E-state index in [0.717, 1.165) is 19.3 Å². The second-order valence-electron chi connectivity index (χ2n) is 5.69. The molecule has 2 heterocycles. The quantitative estimate of drug-likeness (QED) is 0.844. The molecule has 2 aliphatic rings. The predicted molar refractivity (Wildman–Crippen MR) is 68.8 cm³/mol. The van der Waals surface area contributed by atoms with Crippen molar-refractivity contribution < 1.29 is 9.53 Å². The Morgan fingerprint density at radius 1 is 1.37 bits per heavy atom. The van der Waals surface area contributed by atoms with Gasteiger partial charge in [0.15, 0.2) is 5.69 Å². The molecule has 1 aliphatic carbocycles. The third-order valence-corrected chi connectivity index (χ3v) is 4.25. The summed E-state index contributed by atoms with van der Waals surface area (Å²) in [6, 6.07) is 0.0988. The molecule has 1 atom stereocenters. The number of nitrogens with zero attached hydrogens (tertiary/aromatic N) is 2. The van der Waals surface area contributed by atoms with E-state index >= 15 is 0 Å². The van der Waals surface area contributed by atoms with Gasteiger partial charge in [-0.05, 0) is 26.2 Å². The van der Waals surface area contributed by atoms with Gasteiger partial charge in [0.05, 0.1) is 23.9 Å². The molecule has 1 spiro atoms. The highest BCUT2D eigenvalue weighted by molar-refractivity contribution is 5.93. The Labute approximate surface area is 112 Å². The zero-order chi connectivity index (χ0) is 13.3. The van der Waals surface area contributed by atoms with Gasteiger partial charge in [-0.3, -0.25) is 4.79 Å². The van der Waals surface area contributed by atoms with E-state index in [0.29, 0.717) is 18.0 Å². The van der Waals surface area contributed by atoms with Crippen LogP contribution >= 0.6 is 0 Å². The van der Waals surface area contributed by atoms with Crippen LogP contribution in [0.2, 0.25) is 0 Å². The van der Waals surface area contributed by atoms with E-state index in [-0.39, 0.29) is 17.6 Å². The number of rotatable bonds is 2. The molecule has 1 aliphatic heterocycles. The number of ether oxygens (including phenoxy) is 1. The largest absolute Gasteiger partial charge is 0.373 e. The minimum atomic E-state index is -0.160. The average molecular weight is 264 g/mol. The van der Waals surface area contributed by atoms with Gasteiger partial charge < -0.3 is 10.1 Å². The van der Waals surface area contributed by atoms with Crippen molar-refractivity contribution in [2.45, 2.75) is 57.1 Å². The minimum absolute atomic E-state index is 0.0229. The van der Waals surface area contributed by atoms with Gasteiger partial charge in [-0.15, -0.1) is 0 Å². The number of aromatic nitrogens is 3. The van der Waals surface area contributed by atoms with E-state index in [1.807, 2.05) is 0 Å². The van der Waals surface area contributed by atoms with Crippen LogP contribution in [0.15, 0.2) is 0 Å². The lowest BCUT2D eigenvalue weighted by molar-refractivity contribution is -0.0246. The second-order valence-corrected chi connectivity index (χ2v) is 5.69. The first-order valence-electron chi connectivity index (χ1n) is 7.01. The summed E-state index contributed by atoms with van der Waals surface area (Å²) in [5, 5.41) is 13.2. The molecule has 0 bridgehead atoms. The van der Waals surface area contributed by atoms with E-state index in [9.17, 15) is 4.79 Å². The molecule has 1 aromatic heterocycles. The topological polar surface area (TPSA) is 79.9 Å². The van der Waals surface area contributed by atoms with Crippen molar-refractivity contribution in [2.24, 2.45) is 0 Å². The van der Waals surface area contributed by atoms with E-state index in [1.165, 1.54) is 19.3 Å². The molecular weight excluding hydrogens is 244 g/mol. The normalized spacial score (nSPS) is 25.6. The number of nitrogens with one attached hydrogen (secondary N) is 2. The summed E-state index contributed by atoms with van der Waals surface area (Å²) in [7, 11) is 0. The van der Waals surface area contributed by atoms with Crippen LogP contribution in [0.4, 0.5) is 0 Å². The van der Waals surface area contributed by atoms with Gasteiger partial charge in [0.2, 0.25) is 0 Å². The highest BCUT2D eigenvalue weighted by atomic mass is 16.5. The van der Waals surface area contributed by atoms with Crippen molar-refractivity contribution >= 4 is 5.91 Å². The summed E-state index contributed by atoms with van der Waals surface area (Å²) in [5.74, 6) is -0.160. The van der Waals surface area contributed by atoms with Crippen LogP contribution in [-0.4, -0.2) is 39.6 Å². The molecule has 104 valence electrons. The van der Waals surface area contributed by atoms with Crippen molar-refractivity contribution in [3.63, 3.8) is 0 Å². The Bertz CT molecular complexity index is 465. The summed E-state index contributed by atoms with van der Waals surface area (Å²) in [4.78, 5) is 12.1. The molecule has 0 radical (unpaired) electrons. The molecule has 3 rings (SSSR count). The van der Waals surface area contributed by atoms with Gasteiger partial charge in [-0.25, -0.2) is 0 Å². The Morgan fingerprint density at radius 3 is 2.84 bits per heavy atom. The molecule has 19 heavy (non-hydrogen) atoms. The van der Waals surface area contributed by atoms with Gasteiger partial charge in [-0.2, -0.15) is 15.4 Å². The van der Waals surface area contributed by atoms with E-state index in [1.54, 1.807) is 6.92 Å². The second kappa shape index (κ2) is 4.92. The first-order valence-corrected chi connectivity index (χ1v) is 7.01. The van der Waals surface area contributed by atoms with E-state index in [2.05, 4.69) is 20.7 Å². The van der Waals surface area contributed by atoms with Crippen LogP contribution in [0.5, 0.6) is 0 Å². The van der Waals surface area contributed by atoms with E-state index in [4.69, 9.17) is 4.74 Å². The molecule has 1 unspecified atom stereocenters. The number of aryl methyl sites for hydroxylation is 1. The van der Waals surface area contributed by atoms with Crippen molar-refractivity contribution in [1.29, 1.82) is 0 Å². The molecule has 1 saturated carbocycles. The molecule has 1 saturated heterocycles. The fourth-order valence-electron chi connectivity index (χ4n) is 3.23. The Hall–Kier alpha value is -1.43. The van der Waals surface area contributed by atoms with Crippen LogP contribution in [0.1, 0.15) is 54.7 Å². The molecular formula is C13H20N4O2. The van der Waals surface area contributed by atoms with Gasteiger partial charge in [0.1, 0.15) is 0 Å². The Morgan fingerprint density at radius 2 is 2.16 bits per heavy atom. The van der Waals surface area contributed by atoms with Crippen LogP contribution in [0, 0.1) is 6.92 Å². The minimum Gasteiger partial charge on any atom is -0.373 e. The molecule has 1 aromatic rings. The van der Waals surface area contributed by atoms with E-state index < -0.39 is 0 Å². The summed E-state index contributed by atoms with van der Waals surface area (Å²) < 4.78 is 5.98.